The first-order chi connectivity index (χ1) is 14.0. The molecule has 0 unspecified atom stereocenters. The minimum Gasteiger partial charge on any atom is -0.444 e. The molecule has 178 valence electrons. The van der Waals surface area contributed by atoms with Crippen LogP contribution in [0.15, 0.2) is 17.4 Å². The van der Waals surface area contributed by atoms with Gasteiger partial charge in [0.25, 0.3) is 0 Å². The standard InChI is InChI=1S/C19H35N7O4.HI/c1-7-19(8-2,24-17(27)30-18(4,5)6)14-22-16(20-9-3)21-10-11-25-13-15(12-23-25)26(28)29;/h12-13H,7-11,14H2,1-6H3,(H,24,27)(H2,20,21,22);1H. The first-order valence-corrected chi connectivity index (χ1v) is 10.2. The summed E-state index contributed by atoms with van der Waals surface area (Å²) in [7, 11) is 0. The van der Waals surface area contributed by atoms with E-state index in [9.17, 15) is 14.9 Å². The zero-order valence-corrected chi connectivity index (χ0v) is 21.6. The lowest BCUT2D eigenvalue weighted by Gasteiger charge is -2.32. The van der Waals surface area contributed by atoms with Crippen molar-refractivity contribution in [2.24, 2.45) is 4.99 Å². The molecule has 3 N–H and O–H groups in total. The zero-order valence-electron chi connectivity index (χ0n) is 19.2. The first-order valence-electron chi connectivity index (χ1n) is 10.2. The van der Waals surface area contributed by atoms with E-state index in [1.807, 2.05) is 41.5 Å². The Hall–Kier alpha value is -2.12. The van der Waals surface area contributed by atoms with Crippen LogP contribution in [0.25, 0.3) is 0 Å². The second-order valence-corrected chi connectivity index (χ2v) is 7.95. The number of nitrogens with zero attached hydrogens (tertiary/aromatic N) is 4. The lowest BCUT2D eigenvalue weighted by molar-refractivity contribution is -0.385. The zero-order chi connectivity index (χ0) is 22.8. The summed E-state index contributed by atoms with van der Waals surface area (Å²) in [6.45, 7) is 13.4. The molecule has 0 radical (unpaired) electrons. The van der Waals surface area contributed by atoms with Crippen LogP contribution in [0.1, 0.15) is 54.4 Å². The molecule has 0 saturated heterocycles. The summed E-state index contributed by atoms with van der Waals surface area (Å²) in [6, 6.07) is 0. The summed E-state index contributed by atoms with van der Waals surface area (Å²) in [5.41, 5.74) is -1.13. The second-order valence-electron chi connectivity index (χ2n) is 7.95. The van der Waals surface area contributed by atoms with Crippen molar-refractivity contribution in [3.63, 3.8) is 0 Å². The second kappa shape index (κ2) is 13.3. The van der Waals surface area contributed by atoms with Crippen molar-refractivity contribution in [3.05, 3.63) is 22.5 Å². The minimum absolute atomic E-state index is 0. The fraction of sp³-hybridized carbons (Fsp3) is 0.737. The van der Waals surface area contributed by atoms with Gasteiger partial charge in [-0.1, -0.05) is 13.8 Å². The van der Waals surface area contributed by atoms with Crippen LogP contribution in [0.2, 0.25) is 0 Å². The molecular weight excluding hydrogens is 517 g/mol. The van der Waals surface area contributed by atoms with E-state index in [2.05, 4.69) is 26.0 Å². The van der Waals surface area contributed by atoms with Gasteiger partial charge >= 0.3 is 11.8 Å². The van der Waals surface area contributed by atoms with Crippen LogP contribution in [0.5, 0.6) is 0 Å². The number of amides is 1. The van der Waals surface area contributed by atoms with E-state index in [-0.39, 0.29) is 29.7 Å². The van der Waals surface area contributed by atoms with Crippen molar-refractivity contribution in [2.75, 3.05) is 19.6 Å². The fourth-order valence-electron chi connectivity index (χ4n) is 2.64. The molecule has 0 spiro atoms. The van der Waals surface area contributed by atoms with Crippen molar-refractivity contribution < 1.29 is 14.5 Å². The van der Waals surface area contributed by atoms with Gasteiger partial charge < -0.3 is 20.7 Å². The Balaban J connectivity index is 0.00000900. The molecule has 12 heteroatoms. The summed E-state index contributed by atoms with van der Waals surface area (Å²) >= 11 is 0. The van der Waals surface area contributed by atoms with E-state index >= 15 is 0 Å². The van der Waals surface area contributed by atoms with Crippen LogP contribution in [0, 0.1) is 10.1 Å². The molecule has 0 fully saturated rings. The van der Waals surface area contributed by atoms with Crippen molar-refractivity contribution in [1.82, 2.24) is 25.7 Å². The quantitative estimate of drug-likeness (QED) is 0.133. The molecule has 0 aliphatic carbocycles. The van der Waals surface area contributed by atoms with Crippen LogP contribution in [0.3, 0.4) is 0 Å². The van der Waals surface area contributed by atoms with Gasteiger partial charge in [0.2, 0.25) is 0 Å². The summed E-state index contributed by atoms with van der Waals surface area (Å²) in [5, 5.41) is 24.0. The normalized spacial score (nSPS) is 12.0. The lowest BCUT2D eigenvalue weighted by atomic mass is 9.93. The summed E-state index contributed by atoms with van der Waals surface area (Å²) in [4.78, 5) is 27.2. The Kier molecular flexibility index (Phi) is 12.4. The Morgan fingerprint density at radius 3 is 2.39 bits per heavy atom. The third kappa shape index (κ3) is 10.6. The molecule has 11 nitrogen and oxygen atoms in total. The number of halogens is 1. The number of aliphatic imine (C=N–C) groups is 1. The van der Waals surface area contributed by atoms with Gasteiger partial charge in [-0.15, -0.1) is 24.0 Å². The van der Waals surface area contributed by atoms with Gasteiger partial charge in [0, 0.05) is 13.1 Å². The van der Waals surface area contributed by atoms with Gasteiger partial charge in [0.1, 0.15) is 18.0 Å². The monoisotopic (exact) mass is 553 g/mol. The fourth-order valence-corrected chi connectivity index (χ4v) is 2.64. The highest BCUT2D eigenvalue weighted by Crippen LogP contribution is 2.17. The third-order valence-corrected chi connectivity index (χ3v) is 4.47. The Morgan fingerprint density at radius 1 is 1.26 bits per heavy atom. The minimum atomic E-state index is -0.571. The molecule has 0 saturated carbocycles. The first kappa shape index (κ1) is 28.9. The van der Waals surface area contributed by atoms with Crippen LogP contribution < -0.4 is 16.0 Å². The van der Waals surface area contributed by atoms with E-state index < -0.39 is 22.2 Å². The van der Waals surface area contributed by atoms with Gasteiger partial charge in [-0.05, 0) is 40.5 Å². The molecule has 0 aliphatic heterocycles. The van der Waals surface area contributed by atoms with Crippen molar-refractivity contribution in [3.8, 4) is 0 Å². The number of rotatable bonds is 10. The molecule has 1 amide bonds. The average Bonchev–Trinajstić information content (AvgIpc) is 3.12. The van der Waals surface area contributed by atoms with Crippen LogP contribution in [-0.4, -0.2) is 57.5 Å². The maximum absolute atomic E-state index is 12.3. The number of guanidine groups is 1. The number of nitro groups is 1. The molecule has 0 bridgehead atoms. The van der Waals surface area contributed by atoms with Gasteiger partial charge in [-0.25, -0.2) is 4.79 Å². The molecule has 0 aliphatic rings. The van der Waals surface area contributed by atoms with E-state index in [1.54, 1.807) is 0 Å². The molecule has 0 atom stereocenters. The Labute approximate surface area is 200 Å². The molecule has 1 aromatic heterocycles. The third-order valence-electron chi connectivity index (χ3n) is 4.47. The number of hydrogen-bond donors (Lipinski definition) is 3. The highest BCUT2D eigenvalue weighted by Gasteiger charge is 2.30. The SMILES string of the molecule is CCNC(=NCC(CC)(CC)NC(=O)OC(C)(C)C)NCCn1cc([N+](=O)[O-])cn1.I. The molecule has 1 rings (SSSR count). The highest BCUT2D eigenvalue weighted by molar-refractivity contribution is 14.0. The summed E-state index contributed by atoms with van der Waals surface area (Å²) in [6.07, 6.45) is 3.54. The number of nitrogens with one attached hydrogen (secondary N) is 3. The number of aromatic nitrogens is 2. The van der Waals surface area contributed by atoms with Crippen LogP contribution in [-0.2, 0) is 11.3 Å². The topological polar surface area (TPSA) is 136 Å². The Morgan fingerprint density at radius 2 is 1.90 bits per heavy atom. The van der Waals surface area contributed by atoms with E-state index in [4.69, 9.17) is 4.74 Å². The number of alkyl carbamates (subject to hydrolysis) is 1. The predicted molar refractivity (Wildman–Crippen MR) is 131 cm³/mol. The van der Waals surface area contributed by atoms with Crippen LogP contribution in [0.4, 0.5) is 10.5 Å². The highest BCUT2D eigenvalue weighted by atomic mass is 127. The number of carbonyl (C=O) groups is 1. The number of ether oxygens (including phenoxy) is 1. The Bertz CT molecular complexity index is 727. The van der Waals surface area contributed by atoms with Gasteiger partial charge in [0.15, 0.2) is 5.96 Å². The van der Waals surface area contributed by atoms with Crippen molar-refractivity contribution >= 4 is 41.7 Å². The predicted octanol–water partition coefficient (Wildman–Crippen LogP) is 3.05. The molecule has 1 aromatic rings. The van der Waals surface area contributed by atoms with Crippen LogP contribution >= 0.6 is 24.0 Å². The van der Waals surface area contributed by atoms with E-state index in [0.717, 1.165) is 0 Å². The number of carbonyl (C=O) groups excluding carboxylic acids is 1. The molecule has 1 heterocycles. The van der Waals surface area contributed by atoms with Crippen molar-refractivity contribution in [2.45, 2.75) is 72.1 Å². The van der Waals surface area contributed by atoms with Crippen molar-refractivity contribution in [1.29, 1.82) is 0 Å². The average molecular weight is 553 g/mol. The van der Waals surface area contributed by atoms with Gasteiger partial charge in [0.05, 0.1) is 23.6 Å². The summed E-state index contributed by atoms with van der Waals surface area (Å²) in [5.74, 6) is 0.594. The maximum Gasteiger partial charge on any atom is 0.408 e. The van der Waals surface area contributed by atoms with E-state index in [1.165, 1.54) is 17.1 Å². The molecular formula is C19H36IN7O4. The summed E-state index contributed by atoms with van der Waals surface area (Å²) < 4.78 is 6.90. The van der Waals surface area contributed by atoms with E-state index in [0.29, 0.717) is 45.0 Å². The largest absolute Gasteiger partial charge is 0.444 e. The smallest absolute Gasteiger partial charge is 0.408 e. The maximum atomic E-state index is 12.3. The molecule has 0 aromatic carbocycles. The molecule has 31 heavy (non-hydrogen) atoms. The lowest BCUT2D eigenvalue weighted by Crippen LogP contribution is -2.52. The van der Waals surface area contributed by atoms with Gasteiger partial charge in [-0.3, -0.25) is 19.8 Å². The number of hydrogen-bond acceptors (Lipinski definition) is 6. The van der Waals surface area contributed by atoms with Gasteiger partial charge in [-0.2, -0.15) is 5.10 Å².